The summed E-state index contributed by atoms with van der Waals surface area (Å²) < 4.78 is 18.4. The number of aliphatic carboxylic acids is 1. The van der Waals surface area contributed by atoms with Crippen LogP contribution < -0.4 is 10.1 Å². The zero-order chi connectivity index (χ0) is 16.8. The third-order valence-electron chi connectivity index (χ3n) is 3.23. The van der Waals surface area contributed by atoms with E-state index in [1.165, 1.54) is 24.3 Å². The van der Waals surface area contributed by atoms with Crippen LogP contribution in [0.25, 0.3) is 0 Å². The van der Waals surface area contributed by atoms with Crippen LogP contribution >= 0.6 is 0 Å². The first-order valence-corrected chi connectivity index (χ1v) is 7.22. The molecule has 0 aliphatic rings. The molecule has 0 radical (unpaired) electrons. The maximum atomic E-state index is 12.8. The summed E-state index contributed by atoms with van der Waals surface area (Å²) in [6.07, 6.45) is 1.22. The van der Waals surface area contributed by atoms with Crippen LogP contribution in [0.2, 0.25) is 0 Å². The molecule has 2 N–H and O–H groups in total. The van der Waals surface area contributed by atoms with E-state index in [0.29, 0.717) is 12.2 Å². The second-order valence-corrected chi connectivity index (χ2v) is 5.60. The molecule has 0 spiro atoms. The normalized spacial score (nSPS) is 12.5. The molecular weight excluding hydrogens is 289 g/mol. The molecule has 0 saturated heterocycles. The van der Waals surface area contributed by atoms with Crippen molar-refractivity contribution in [1.29, 1.82) is 0 Å². The quantitative estimate of drug-likeness (QED) is 0.774. The molecule has 22 heavy (non-hydrogen) atoms. The van der Waals surface area contributed by atoms with Gasteiger partial charge < -0.3 is 15.2 Å². The van der Waals surface area contributed by atoms with E-state index in [0.717, 1.165) is 6.42 Å². The molecular formula is C16H22FNO4. The highest BCUT2D eigenvalue weighted by atomic mass is 19.1. The fourth-order valence-corrected chi connectivity index (χ4v) is 1.93. The Balaban J connectivity index is 2.61. The topological polar surface area (TPSA) is 75.6 Å². The van der Waals surface area contributed by atoms with Crippen molar-refractivity contribution in [3.8, 4) is 5.75 Å². The fourth-order valence-electron chi connectivity index (χ4n) is 1.93. The van der Waals surface area contributed by atoms with Crippen molar-refractivity contribution < 1.29 is 23.8 Å². The van der Waals surface area contributed by atoms with E-state index in [1.807, 2.05) is 6.92 Å². The number of amides is 1. The highest BCUT2D eigenvalue weighted by Gasteiger charge is 2.31. The van der Waals surface area contributed by atoms with Crippen LogP contribution in [-0.2, 0) is 9.59 Å². The van der Waals surface area contributed by atoms with Crippen molar-refractivity contribution in [2.24, 2.45) is 5.92 Å². The van der Waals surface area contributed by atoms with Gasteiger partial charge in [-0.1, -0.05) is 13.3 Å². The minimum Gasteiger partial charge on any atom is -0.481 e. The summed E-state index contributed by atoms with van der Waals surface area (Å²) in [5, 5.41) is 11.7. The Bertz CT molecular complexity index is 513. The first-order chi connectivity index (χ1) is 10.3. The number of carbonyl (C=O) groups is 2. The van der Waals surface area contributed by atoms with Crippen LogP contribution in [-0.4, -0.2) is 29.1 Å². The number of carboxylic acid groups (broad SMARTS) is 1. The Labute approximate surface area is 129 Å². The molecule has 0 heterocycles. The zero-order valence-electron chi connectivity index (χ0n) is 13.1. The molecule has 6 heteroatoms. The third kappa shape index (κ3) is 5.35. The molecule has 1 amide bonds. The van der Waals surface area contributed by atoms with Crippen molar-refractivity contribution in [1.82, 2.24) is 5.32 Å². The SMILES string of the molecule is CCCC(CNC(=O)C(C)(C)Oc1ccc(F)cc1)C(=O)O. The number of benzene rings is 1. The Morgan fingerprint density at radius 1 is 1.32 bits per heavy atom. The molecule has 0 fully saturated rings. The van der Waals surface area contributed by atoms with E-state index < -0.39 is 29.2 Å². The summed E-state index contributed by atoms with van der Waals surface area (Å²) in [4.78, 5) is 23.2. The second-order valence-electron chi connectivity index (χ2n) is 5.60. The molecule has 1 aromatic rings. The van der Waals surface area contributed by atoms with Gasteiger partial charge in [-0.2, -0.15) is 0 Å². The molecule has 0 bridgehead atoms. The van der Waals surface area contributed by atoms with Crippen molar-refractivity contribution >= 4 is 11.9 Å². The standard InChI is InChI=1S/C16H22FNO4/c1-4-5-11(14(19)20)10-18-15(21)16(2,3)22-13-8-6-12(17)7-9-13/h6-9,11H,4-5,10H2,1-3H3,(H,18,21)(H,19,20). The van der Waals surface area contributed by atoms with Crippen molar-refractivity contribution in [3.63, 3.8) is 0 Å². The van der Waals surface area contributed by atoms with E-state index in [1.54, 1.807) is 13.8 Å². The lowest BCUT2D eigenvalue weighted by Crippen LogP contribution is -2.48. The summed E-state index contributed by atoms with van der Waals surface area (Å²) in [6, 6.07) is 5.35. The maximum absolute atomic E-state index is 12.8. The number of ether oxygens (including phenoxy) is 1. The van der Waals surface area contributed by atoms with Gasteiger partial charge in [-0.25, -0.2) is 4.39 Å². The summed E-state index contributed by atoms with van der Waals surface area (Å²) >= 11 is 0. The van der Waals surface area contributed by atoms with Crippen molar-refractivity contribution in [2.75, 3.05) is 6.54 Å². The maximum Gasteiger partial charge on any atom is 0.308 e. The van der Waals surface area contributed by atoms with Gasteiger partial charge in [-0.05, 0) is 44.5 Å². The zero-order valence-corrected chi connectivity index (χ0v) is 13.1. The predicted octanol–water partition coefficient (Wildman–Crippen LogP) is 2.60. The molecule has 1 unspecified atom stereocenters. The van der Waals surface area contributed by atoms with Crippen molar-refractivity contribution in [2.45, 2.75) is 39.2 Å². The number of carboxylic acids is 1. The largest absolute Gasteiger partial charge is 0.481 e. The number of rotatable bonds is 8. The van der Waals surface area contributed by atoms with E-state index in [9.17, 15) is 14.0 Å². The van der Waals surface area contributed by atoms with Crippen LogP contribution in [0.1, 0.15) is 33.6 Å². The molecule has 0 saturated carbocycles. The third-order valence-corrected chi connectivity index (χ3v) is 3.23. The Kier molecular flexibility index (Phi) is 6.34. The minimum absolute atomic E-state index is 0.0538. The van der Waals surface area contributed by atoms with Gasteiger partial charge in [-0.15, -0.1) is 0 Å². The minimum atomic E-state index is -1.19. The summed E-state index contributed by atoms with van der Waals surface area (Å²) in [6.45, 7) is 5.08. The lowest BCUT2D eigenvalue weighted by atomic mass is 10.0. The highest BCUT2D eigenvalue weighted by Crippen LogP contribution is 2.19. The predicted molar refractivity (Wildman–Crippen MR) is 80.2 cm³/mol. The van der Waals surface area contributed by atoms with Gasteiger partial charge in [0, 0.05) is 6.54 Å². The van der Waals surface area contributed by atoms with Gasteiger partial charge in [0.05, 0.1) is 5.92 Å². The van der Waals surface area contributed by atoms with Crippen LogP contribution in [0.5, 0.6) is 5.75 Å². The summed E-state index contributed by atoms with van der Waals surface area (Å²) in [5.74, 6) is -1.99. The molecule has 0 aliphatic carbocycles. The average Bonchev–Trinajstić information content (AvgIpc) is 2.45. The van der Waals surface area contributed by atoms with Crippen molar-refractivity contribution in [3.05, 3.63) is 30.1 Å². The number of nitrogens with one attached hydrogen (secondary N) is 1. The Morgan fingerprint density at radius 3 is 2.41 bits per heavy atom. The van der Waals surface area contributed by atoms with Gasteiger partial charge in [0.15, 0.2) is 5.60 Å². The van der Waals surface area contributed by atoms with Crippen LogP contribution in [0.4, 0.5) is 4.39 Å². The molecule has 1 aromatic carbocycles. The molecule has 1 atom stereocenters. The van der Waals surface area contributed by atoms with Crippen LogP contribution in [0.3, 0.4) is 0 Å². The lowest BCUT2D eigenvalue weighted by molar-refractivity contribution is -0.142. The number of halogens is 1. The first-order valence-electron chi connectivity index (χ1n) is 7.22. The van der Waals surface area contributed by atoms with E-state index in [2.05, 4.69) is 5.32 Å². The second kappa shape index (κ2) is 7.77. The Morgan fingerprint density at radius 2 is 1.91 bits per heavy atom. The summed E-state index contributed by atoms with van der Waals surface area (Å²) in [5.41, 5.74) is -1.19. The number of hydrogen-bond acceptors (Lipinski definition) is 3. The Hall–Kier alpha value is -2.11. The van der Waals surface area contributed by atoms with E-state index >= 15 is 0 Å². The molecule has 122 valence electrons. The van der Waals surface area contributed by atoms with E-state index in [4.69, 9.17) is 9.84 Å². The molecule has 0 aliphatic heterocycles. The van der Waals surface area contributed by atoms with Gasteiger partial charge in [0.1, 0.15) is 11.6 Å². The lowest BCUT2D eigenvalue weighted by Gasteiger charge is -2.26. The fraction of sp³-hybridized carbons (Fsp3) is 0.500. The number of carbonyl (C=O) groups excluding carboxylic acids is 1. The molecule has 5 nitrogen and oxygen atoms in total. The van der Waals surface area contributed by atoms with Gasteiger partial charge in [0.25, 0.3) is 5.91 Å². The van der Waals surface area contributed by atoms with Gasteiger partial charge in [-0.3, -0.25) is 9.59 Å². The smallest absolute Gasteiger partial charge is 0.308 e. The molecule has 1 rings (SSSR count). The molecule has 0 aromatic heterocycles. The highest BCUT2D eigenvalue weighted by molar-refractivity contribution is 5.85. The van der Waals surface area contributed by atoms with Crippen LogP contribution in [0, 0.1) is 11.7 Å². The van der Waals surface area contributed by atoms with Crippen LogP contribution in [0.15, 0.2) is 24.3 Å². The summed E-state index contributed by atoms with van der Waals surface area (Å²) in [7, 11) is 0. The number of hydrogen-bond donors (Lipinski definition) is 2. The van der Waals surface area contributed by atoms with Gasteiger partial charge in [0.2, 0.25) is 0 Å². The first kappa shape index (κ1) is 17.9. The van der Waals surface area contributed by atoms with Gasteiger partial charge >= 0.3 is 5.97 Å². The van der Waals surface area contributed by atoms with E-state index in [-0.39, 0.29) is 6.54 Å². The average molecular weight is 311 g/mol. The monoisotopic (exact) mass is 311 g/mol.